The molecule has 0 aromatic carbocycles. The van der Waals surface area contributed by atoms with Crippen LogP contribution in [-0.4, -0.2) is 54.0 Å². The molecule has 2 aliphatic heterocycles. The van der Waals surface area contributed by atoms with Gasteiger partial charge in [-0.15, -0.1) is 0 Å². The second-order valence-corrected chi connectivity index (χ2v) is 7.25. The van der Waals surface area contributed by atoms with Crippen molar-refractivity contribution in [2.75, 3.05) is 19.8 Å². The normalized spacial score (nSPS) is 19.5. The Bertz CT molecular complexity index is 588. The minimum atomic E-state index is -0.491. The first-order chi connectivity index (χ1) is 10.8. The minimum Gasteiger partial charge on any atom is -0.444 e. The highest BCUT2D eigenvalue weighted by Gasteiger charge is 2.30. The minimum absolute atomic E-state index is 0.290. The zero-order valence-corrected chi connectivity index (χ0v) is 14.2. The van der Waals surface area contributed by atoms with Crippen LogP contribution in [0.2, 0.25) is 0 Å². The molecule has 0 N–H and O–H groups in total. The number of fused-ring (bicyclic) bond motifs is 1. The van der Waals surface area contributed by atoms with E-state index in [1.165, 1.54) is 0 Å². The number of ether oxygens (including phenoxy) is 2. The fourth-order valence-electron chi connectivity index (χ4n) is 3.19. The van der Waals surface area contributed by atoms with Crippen molar-refractivity contribution in [1.82, 2.24) is 14.7 Å². The van der Waals surface area contributed by atoms with Crippen LogP contribution in [-0.2, 0) is 22.4 Å². The lowest BCUT2D eigenvalue weighted by Crippen LogP contribution is -2.41. The number of amides is 1. The Morgan fingerprint density at radius 2 is 2.04 bits per heavy atom. The molecule has 23 heavy (non-hydrogen) atoms. The van der Waals surface area contributed by atoms with Gasteiger partial charge in [0.1, 0.15) is 13.4 Å². The summed E-state index contributed by atoms with van der Waals surface area (Å²) in [5.41, 5.74) is 2.16. The molecule has 0 unspecified atom stereocenters. The zero-order chi connectivity index (χ0) is 16.6. The predicted octanol–water partition coefficient (Wildman–Crippen LogP) is 1.32. The Morgan fingerprint density at radius 3 is 2.70 bits per heavy atom. The van der Waals surface area contributed by atoms with Crippen LogP contribution < -0.4 is 5.59 Å². The van der Waals surface area contributed by atoms with Crippen molar-refractivity contribution in [3.05, 3.63) is 11.3 Å². The van der Waals surface area contributed by atoms with Gasteiger partial charge in [-0.25, -0.2) is 4.79 Å². The third-order valence-corrected chi connectivity index (χ3v) is 4.31. The van der Waals surface area contributed by atoms with E-state index in [0.717, 1.165) is 43.7 Å². The van der Waals surface area contributed by atoms with Gasteiger partial charge in [-0.3, -0.25) is 4.68 Å². The molecule has 0 aliphatic carbocycles. The predicted molar refractivity (Wildman–Crippen MR) is 87.1 cm³/mol. The van der Waals surface area contributed by atoms with E-state index in [-0.39, 0.29) is 6.09 Å². The van der Waals surface area contributed by atoms with Crippen molar-refractivity contribution < 1.29 is 14.3 Å². The number of hydrogen-bond donors (Lipinski definition) is 0. The Hall–Kier alpha value is -1.50. The molecule has 0 saturated carbocycles. The standard InChI is InChI=1S/C16H24BN3O3/c1-16(2,3)23-15(21)19-7-4-13-12(10-19)14(17)18-20(13)11-5-8-22-9-6-11/h11H,4-10H2,1-3H3. The van der Waals surface area contributed by atoms with Crippen molar-refractivity contribution in [3.63, 3.8) is 0 Å². The molecule has 3 heterocycles. The second kappa shape index (κ2) is 6.19. The van der Waals surface area contributed by atoms with Gasteiger partial charge >= 0.3 is 6.09 Å². The fourth-order valence-corrected chi connectivity index (χ4v) is 3.19. The van der Waals surface area contributed by atoms with Gasteiger partial charge in [0, 0.05) is 43.0 Å². The molecule has 3 rings (SSSR count). The van der Waals surface area contributed by atoms with Crippen molar-refractivity contribution in [2.24, 2.45) is 0 Å². The van der Waals surface area contributed by atoms with Gasteiger partial charge in [0.05, 0.1) is 12.6 Å². The molecule has 6 nitrogen and oxygen atoms in total. The van der Waals surface area contributed by atoms with E-state index in [1.54, 1.807) is 4.90 Å². The summed E-state index contributed by atoms with van der Waals surface area (Å²) in [6.07, 6.45) is 2.39. The lowest BCUT2D eigenvalue weighted by Gasteiger charge is -2.31. The highest BCUT2D eigenvalue weighted by atomic mass is 16.6. The first kappa shape index (κ1) is 16.4. The molecular weight excluding hydrogens is 293 g/mol. The average molecular weight is 317 g/mol. The lowest BCUT2D eigenvalue weighted by atomic mass is 9.94. The van der Waals surface area contributed by atoms with Gasteiger partial charge in [-0.1, -0.05) is 0 Å². The third-order valence-electron chi connectivity index (χ3n) is 4.31. The zero-order valence-electron chi connectivity index (χ0n) is 14.2. The van der Waals surface area contributed by atoms with Crippen molar-refractivity contribution in [3.8, 4) is 0 Å². The molecule has 124 valence electrons. The third kappa shape index (κ3) is 3.55. The molecule has 1 saturated heterocycles. The van der Waals surface area contributed by atoms with E-state index in [2.05, 4.69) is 9.78 Å². The number of aromatic nitrogens is 2. The van der Waals surface area contributed by atoms with Crippen LogP contribution in [0.1, 0.15) is 50.9 Å². The molecule has 0 bridgehead atoms. The maximum atomic E-state index is 12.3. The molecule has 2 aliphatic rings. The molecular formula is C16H24BN3O3. The van der Waals surface area contributed by atoms with Gasteiger partial charge in [-0.05, 0) is 33.6 Å². The van der Waals surface area contributed by atoms with Crippen molar-refractivity contribution in [1.29, 1.82) is 0 Å². The van der Waals surface area contributed by atoms with Gasteiger partial charge in [0.15, 0.2) is 0 Å². The lowest BCUT2D eigenvalue weighted by molar-refractivity contribution is 0.0221. The maximum absolute atomic E-state index is 12.3. The summed E-state index contributed by atoms with van der Waals surface area (Å²) in [6.45, 7) is 8.26. The smallest absolute Gasteiger partial charge is 0.410 e. The summed E-state index contributed by atoms with van der Waals surface area (Å²) in [7, 11) is 6.12. The van der Waals surface area contributed by atoms with Crippen LogP contribution in [0.3, 0.4) is 0 Å². The SMILES string of the molecule is [B]c1nn(C2CCOCC2)c2c1CN(C(=O)OC(C)(C)C)CC2. The monoisotopic (exact) mass is 317 g/mol. The molecule has 1 aromatic heterocycles. The maximum Gasteiger partial charge on any atom is 0.410 e. The van der Waals surface area contributed by atoms with Crippen LogP contribution in [0.25, 0.3) is 0 Å². The summed E-state index contributed by atoms with van der Waals surface area (Å²) in [5, 5.41) is 4.54. The summed E-state index contributed by atoms with van der Waals surface area (Å²) < 4.78 is 13.0. The highest BCUT2D eigenvalue weighted by molar-refractivity contribution is 6.31. The number of nitrogens with zero attached hydrogens (tertiary/aromatic N) is 3. The molecule has 2 radical (unpaired) electrons. The number of carbonyl (C=O) groups excluding carboxylic acids is 1. The van der Waals surface area contributed by atoms with Crippen LogP contribution in [0.15, 0.2) is 0 Å². The Kier molecular flexibility index (Phi) is 4.40. The van der Waals surface area contributed by atoms with Crippen LogP contribution >= 0.6 is 0 Å². The van der Waals surface area contributed by atoms with Crippen molar-refractivity contribution >= 4 is 19.5 Å². The molecule has 7 heteroatoms. The van der Waals surface area contributed by atoms with Gasteiger partial charge in [0.25, 0.3) is 0 Å². The van der Waals surface area contributed by atoms with Crippen LogP contribution in [0.5, 0.6) is 0 Å². The van der Waals surface area contributed by atoms with E-state index in [1.807, 2.05) is 20.8 Å². The van der Waals surface area contributed by atoms with Crippen molar-refractivity contribution in [2.45, 2.75) is 58.2 Å². The number of hydrogen-bond acceptors (Lipinski definition) is 4. The summed E-state index contributed by atoms with van der Waals surface area (Å²) >= 11 is 0. The van der Waals surface area contributed by atoms with Crippen LogP contribution in [0, 0.1) is 0 Å². The van der Waals surface area contributed by atoms with Gasteiger partial charge < -0.3 is 14.4 Å². The quantitative estimate of drug-likeness (QED) is 0.733. The van der Waals surface area contributed by atoms with E-state index in [4.69, 9.17) is 17.3 Å². The summed E-state index contributed by atoms with van der Waals surface area (Å²) in [4.78, 5) is 14.0. The van der Waals surface area contributed by atoms with E-state index >= 15 is 0 Å². The Morgan fingerprint density at radius 1 is 1.35 bits per heavy atom. The first-order valence-electron chi connectivity index (χ1n) is 8.26. The summed E-state index contributed by atoms with van der Waals surface area (Å²) in [5.74, 6) is 0. The van der Waals surface area contributed by atoms with Gasteiger partial charge in [-0.2, -0.15) is 5.10 Å². The largest absolute Gasteiger partial charge is 0.444 e. The Labute approximate surface area is 138 Å². The average Bonchev–Trinajstić information content (AvgIpc) is 2.83. The molecule has 1 fully saturated rings. The molecule has 0 spiro atoms. The number of rotatable bonds is 1. The highest BCUT2D eigenvalue weighted by Crippen LogP contribution is 2.26. The summed E-state index contributed by atoms with van der Waals surface area (Å²) in [6, 6.07) is 0.350. The van der Waals surface area contributed by atoms with E-state index in [0.29, 0.717) is 24.7 Å². The Balaban J connectivity index is 1.76. The molecule has 1 amide bonds. The molecule has 0 atom stereocenters. The first-order valence-corrected chi connectivity index (χ1v) is 8.26. The topological polar surface area (TPSA) is 56.6 Å². The van der Waals surface area contributed by atoms with E-state index < -0.39 is 5.60 Å². The van der Waals surface area contributed by atoms with E-state index in [9.17, 15) is 4.79 Å². The number of carbonyl (C=O) groups is 1. The van der Waals surface area contributed by atoms with Crippen LogP contribution in [0.4, 0.5) is 4.79 Å². The second-order valence-electron chi connectivity index (χ2n) is 7.25. The molecule has 1 aromatic rings. The fraction of sp³-hybridized carbons (Fsp3) is 0.750. The van der Waals surface area contributed by atoms with Gasteiger partial charge in [0.2, 0.25) is 0 Å².